The lowest BCUT2D eigenvalue weighted by atomic mass is 9.98. The second-order valence-corrected chi connectivity index (χ2v) is 7.21. The smallest absolute Gasteiger partial charge is 0.343 e. The molecule has 0 aliphatic rings. The standard InChI is InChI=1S/C25H34O6/c1-7-17(4)20-10-12-21(13-11-20)25(26)31-22-14-15-23(29-18(5)27-8-2)24(16-22)30-19(6)28-9-3/h10-19H,7-9H2,1-6H3. The van der Waals surface area contributed by atoms with E-state index in [0.717, 1.165) is 6.42 Å². The molecule has 3 unspecified atom stereocenters. The van der Waals surface area contributed by atoms with Crippen molar-refractivity contribution in [1.82, 2.24) is 0 Å². The van der Waals surface area contributed by atoms with Crippen LogP contribution in [0.15, 0.2) is 42.5 Å². The maximum Gasteiger partial charge on any atom is 0.343 e. The van der Waals surface area contributed by atoms with Gasteiger partial charge in [-0.05, 0) is 69.9 Å². The molecule has 6 nitrogen and oxygen atoms in total. The van der Waals surface area contributed by atoms with Crippen LogP contribution in [0.1, 0.15) is 69.8 Å². The molecule has 0 aliphatic carbocycles. The molecule has 0 saturated heterocycles. The van der Waals surface area contributed by atoms with E-state index in [9.17, 15) is 4.79 Å². The highest BCUT2D eigenvalue weighted by atomic mass is 16.7. The largest absolute Gasteiger partial charge is 0.461 e. The van der Waals surface area contributed by atoms with Crippen LogP contribution in [-0.4, -0.2) is 31.8 Å². The van der Waals surface area contributed by atoms with E-state index in [1.165, 1.54) is 5.56 Å². The first-order valence-electron chi connectivity index (χ1n) is 10.9. The van der Waals surface area contributed by atoms with Crippen LogP contribution < -0.4 is 14.2 Å². The Bertz CT molecular complexity index is 817. The number of hydrogen-bond donors (Lipinski definition) is 0. The van der Waals surface area contributed by atoms with Crippen molar-refractivity contribution in [2.45, 2.75) is 66.5 Å². The molecule has 0 aromatic heterocycles. The second-order valence-electron chi connectivity index (χ2n) is 7.21. The summed E-state index contributed by atoms with van der Waals surface area (Å²) in [4.78, 5) is 12.6. The lowest BCUT2D eigenvalue weighted by Crippen LogP contribution is -2.19. The molecule has 0 aliphatic heterocycles. The Balaban J connectivity index is 2.18. The maximum atomic E-state index is 12.6. The molecule has 6 heteroatoms. The van der Waals surface area contributed by atoms with Crippen LogP contribution in [0.4, 0.5) is 0 Å². The van der Waals surface area contributed by atoms with E-state index < -0.39 is 18.5 Å². The van der Waals surface area contributed by atoms with Crippen LogP contribution in [0, 0.1) is 0 Å². The Morgan fingerprint density at radius 1 is 0.806 bits per heavy atom. The predicted octanol–water partition coefficient (Wildman–Crippen LogP) is 5.94. The average molecular weight is 431 g/mol. The summed E-state index contributed by atoms with van der Waals surface area (Å²) in [6.07, 6.45) is 0.101. The van der Waals surface area contributed by atoms with Crippen molar-refractivity contribution in [1.29, 1.82) is 0 Å². The fourth-order valence-electron chi connectivity index (χ4n) is 2.99. The molecule has 0 bridgehead atoms. The minimum atomic E-state index is -0.492. The lowest BCUT2D eigenvalue weighted by molar-refractivity contribution is -0.0766. The van der Waals surface area contributed by atoms with Crippen molar-refractivity contribution < 1.29 is 28.5 Å². The molecule has 0 spiro atoms. The molecular weight excluding hydrogens is 396 g/mol. The lowest BCUT2D eigenvalue weighted by Gasteiger charge is -2.20. The molecule has 170 valence electrons. The van der Waals surface area contributed by atoms with E-state index in [-0.39, 0.29) is 0 Å². The molecule has 0 fully saturated rings. The molecule has 2 rings (SSSR count). The summed E-state index contributed by atoms with van der Waals surface area (Å²) in [5.74, 6) is 1.25. The third kappa shape index (κ3) is 7.56. The van der Waals surface area contributed by atoms with Gasteiger partial charge in [-0.25, -0.2) is 4.79 Å². The third-order valence-electron chi connectivity index (χ3n) is 4.84. The van der Waals surface area contributed by atoms with Gasteiger partial charge in [0.05, 0.1) is 5.56 Å². The number of ether oxygens (including phenoxy) is 5. The van der Waals surface area contributed by atoms with Crippen LogP contribution in [0.25, 0.3) is 0 Å². The van der Waals surface area contributed by atoms with Crippen molar-refractivity contribution >= 4 is 5.97 Å². The normalized spacial score (nSPS) is 13.9. The van der Waals surface area contributed by atoms with E-state index in [1.54, 1.807) is 44.2 Å². The van der Waals surface area contributed by atoms with Crippen molar-refractivity contribution in [3.8, 4) is 17.2 Å². The summed E-state index contributed by atoms with van der Waals surface area (Å²) in [5, 5.41) is 0. The van der Waals surface area contributed by atoms with Crippen molar-refractivity contribution in [2.24, 2.45) is 0 Å². The summed E-state index contributed by atoms with van der Waals surface area (Å²) in [6, 6.07) is 12.5. The summed E-state index contributed by atoms with van der Waals surface area (Å²) >= 11 is 0. The molecule has 0 N–H and O–H groups in total. The van der Waals surface area contributed by atoms with Gasteiger partial charge in [-0.2, -0.15) is 0 Å². The number of carbonyl (C=O) groups is 1. The Hall–Kier alpha value is -2.57. The summed E-state index contributed by atoms with van der Waals surface area (Å²) in [5.41, 5.74) is 1.69. The van der Waals surface area contributed by atoms with Gasteiger partial charge in [0.15, 0.2) is 24.1 Å². The van der Waals surface area contributed by atoms with Gasteiger partial charge in [0, 0.05) is 19.3 Å². The van der Waals surface area contributed by atoms with Crippen molar-refractivity contribution in [3.63, 3.8) is 0 Å². The quantitative estimate of drug-likeness (QED) is 0.236. The Morgan fingerprint density at radius 3 is 1.94 bits per heavy atom. The first kappa shape index (κ1) is 24.7. The molecule has 3 atom stereocenters. The minimum absolute atomic E-state index is 0.353. The monoisotopic (exact) mass is 430 g/mol. The van der Waals surface area contributed by atoms with Gasteiger partial charge in [-0.1, -0.05) is 26.0 Å². The first-order valence-corrected chi connectivity index (χ1v) is 10.9. The first-order chi connectivity index (χ1) is 14.9. The number of hydrogen-bond acceptors (Lipinski definition) is 6. The van der Waals surface area contributed by atoms with Gasteiger partial charge in [-0.3, -0.25) is 0 Å². The molecule has 0 amide bonds. The van der Waals surface area contributed by atoms with Gasteiger partial charge in [0.1, 0.15) is 5.75 Å². The highest BCUT2D eigenvalue weighted by Gasteiger charge is 2.16. The summed E-state index contributed by atoms with van der Waals surface area (Å²) < 4.78 is 28.1. The maximum absolute atomic E-state index is 12.6. The Kier molecular flexibility index (Phi) is 9.82. The zero-order valence-corrected chi connectivity index (χ0v) is 19.3. The van der Waals surface area contributed by atoms with Gasteiger partial charge < -0.3 is 23.7 Å². The predicted molar refractivity (Wildman–Crippen MR) is 120 cm³/mol. The molecule has 31 heavy (non-hydrogen) atoms. The molecule has 0 heterocycles. The van der Waals surface area contributed by atoms with Crippen LogP contribution in [0.2, 0.25) is 0 Å². The van der Waals surface area contributed by atoms with Gasteiger partial charge in [0.2, 0.25) is 0 Å². The fraction of sp³-hybridized carbons (Fsp3) is 0.480. The van der Waals surface area contributed by atoms with Crippen LogP contribution in [0.5, 0.6) is 17.2 Å². The van der Waals surface area contributed by atoms with Crippen molar-refractivity contribution in [3.05, 3.63) is 53.6 Å². The van der Waals surface area contributed by atoms with E-state index in [1.807, 2.05) is 26.0 Å². The van der Waals surface area contributed by atoms with Gasteiger partial charge >= 0.3 is 5.97 Å². The van der Waals surface area contributed by atoms with E-state index in [4.69, 9.17) is 23.7 Å². The van der Waals surface area contributed by atoms with E-state index in [2.05, 4.69) is 13.8 Å². The highest BCUT2D eigenvalue weighted by Crippen LogP contribution is 2.34. The van der Waals surface area contributed by atoms with Crippen LogP contribution in [0.3, 0.4) is 0 Å². The molecule has 0 radical (unpaired) electrons. The average Bonchev–Trinajstić information content (AvgIpc) is 2.75. The summed E-state index contributed by atoms with van der Waals surface area (Å²) in [6.45, 7) is 12.7. The molecular formula is C25H34O6. The topological polar surface area (TPSA) is 63.2 Å². The second kappa shape index (κ2) is 12.3. The highest BCUT2D eigenvalue weighted by molar-refractivity contribution is 5.91. The van der Waals surface area contributed by atoms with E-state index in [0.29, 0.717) is 41.9 Å². The number of esters is 1. The Labute approximate surface area is 185 Å². The van der Waals surface area contributed by atoms with Gasteiger partial charge in [-0.15, -0.1) is 0 Å². The number of benzene rings is 2. The SMILES string of the molecule is CCOC(C)Oc1ccc(OC(=O)c2ccc(C(C)CC)cc2)cc1OC(C)OCC. The van der Waals surface area contributed by atoms with Gasteiger partial charge in [0.25, 0.3) is 0 Å². The fourth-order valence-corrected chi connectivity index (χ4v) is 2.99. The summed E-state index contributed by atoms with van der Waals surface area (Å²) in [7, 11) is 0. The van der Waals surface area contributed by atoms with Crippen LogP contribution >= 0.6 is 0 Å². The minimum Gasteiger partial charge on any atom is -0.461 e. The van der Waals surface area contributed by atoms with E-state index >= 15 is 0 Å². The zero-order valence-electron chi connectivity index (χ0n) is 19.3. The number of rotatable bonds is 12. The third-order valence-corrected chi connectivity index (χ3v) is 4.84. The number of carbonyl (C=O) groups excluding carboxylic acids is 1. The van der Waals surface area contributed by atoms with Crippen molar-refractivity contribution in [2.75, 3.05) is 13.2 Å². The van der Waals surface area contributed by atoms with Crippen LogP contribution in [-0.2, 0) is 9.47 Å². The molecule has 2 aromatic carbocycles. The zero-order chi connectivity index (χ0) is 22.8. The molecule has 0 saturated carbocycles. The molecule has 2 aromatic rings. The Morgan fingerprint density at radius 2 is 1.39 bits per heavy atom.